The van der Waals surface area contributed by atoms with Crippen molar-refractivity contribution in [1.29, 1.82) is 0 Å². The van der Waals surface area contributed by atoms with E-state index in [2.05, 4.69) is 18.2 Å². The molecule has 1 nitrogen and oxygen atoms in total. The zero-order valence-corrected chi connectivity index (χ0v) is 8.22. The molecule has 0 saturated carbocycles. The molecule has 16 heavy (non-hydrogen) atoms. The summed E-state index contributed by atoms with van der Waals surface area (Å²) in [5.74, 6) is -2.31. The lowest BCUT2D eigenvalue weighted by molar-refractivity contribution is -0.275. The Kier molecular flexibility index (Phi) is 3.57. The minimum atomic E-state index is -4.90. The van der Waals surface area contributed by atoms with Crippen LogP contribution < -0.4 is 4.74 Å². The van der Waals surface area contributed by atoms with Gasteiger partial charge in [0.05, 0.1) is 0 Å². The second-order valence-corrected chi connectivity index (χ2v) is 3.08. The highest BCUT2D eigenvalue weighted by Gasteiger charge is 2.32. The molecule has 1 rings (SSSR count). The molecule has 0 saturated heterocycles. The Balaban J connectivity index is 2.96. The Morgan fingerprint density at radius 2 is 1.94 bits per heavy atom. The predicted octanol–water partition coefficient (Wildman–Crippen LogP) is 3.83. The number of ether oxygens (including phenoxy) is 1. The first kappa shape index (κ1) is 12.5. The lowest BCUT2D eigenvalue weighted by Gasteiger charge is -2.11. The van der Waals surface area contributed by atoms with E-state index in [0.717, 1.165) is 12.1 Å². The van der Waals surface area contributed by atoms with Gasteiger partial charge in [-0.15, -0.1) is 19.8 Å². The van der Waals surface area contributed by atoms with Crippen LogP contribution in [0.25, 0.3) is 0 Å². The number of alkyl halides is 3. The molecular weight excluding hydrogens is 224 g/mol. The molecule has 0 bridgehead atoms. The van der Waals surface area contributed by atoms with Crippen LogP contribution in [0.3, 0.4) is 0 Å². The zero-order chi connectivity index (χ0) is 12.3. The van der Waals surface area contributed by atoms with Gasteiger partial charge in [0.15, 0.2) is 11.6 Å². The second kappa shape index (κ2) is 4.55. The molecule has 0 aliphatic rings. The Labute approximate surface area is 90.3 Å². The molecule has 0 aliphatic heterocycles. The Bertz CT molecular complexity index is 384. The predicted molar refractivity (Wildman–Crippen MR) is 51.4 cm³/mol. The highest BCUT2D eigenvalue weighted by molar-refractivity contribution is 5.33. The van der Waals surface area contributed by atoms with Crippen LogP contribution in [0.5, 0.6) is 5.75 Å². The minimum Gasteiger partial charge on any atom is -0.403 e. The van der Waals surface area contributed by atoms with Gasteiger partial charge >= 0.3 is 6.36 Å². The van der Waals surface area contributed by atoms with Crippen LogP contribution in [0, 0.1) is 12.7 Å². The van der Waals surface area contributed by atoms with Gasteiger partial charge in [-0.25, -0.2) is 4.39 Å². The minimum absolute atomic E-state index is 0.380. The average Bonchev–Trinajstić information content (AvgIpc) is 2.18. The number of allylic oxidation sites excluding steroid dienone is 1. The summed E-state index contributed by atoms with van der Waals surface area (Å²) >= 11 is 0. The molecule has 1 aromatic carbocycles. The van der Waals surface area contributed by atoms with Crippen molar-refractivity contribution in [3.63, 3.8) is 0 Å². The molecule has 0 N–H and O–H groups in total. The summed E-state index contributed by atoms with van der Waals surface area (Å²) in [6, 6.07) is 3.17. The monoisotopic (exact) mass is 233 g/mol. The van der Waals surface area contributed by atoms with Crippen LogP contribution in [0.15, 0.2) is 30.9 Å². The van der Waals surface area contributed by atoms with E-state index >= 15 is 0 Å². The third kappa shape index (κ3) is 3.25. The van der Waals surface area contributed by atoms with Gasteiger partial charge in [-0.2, -0.15) is 0 Å². The lowest BCUT2D eigenvalue weighted by Crippen LogP contribution is -2.18. The fourth-order valence-electron chi connectivity index (χ4n) is 1.09. The highest BCUT2D eigenvalue weighted by atomic mass is 19.4. The maximum Gasteiger partial charge on any atom is 0.573 e. The molecule has 0 fully saturated rings. The number of hydrogen-bond acceptors (Lipinski definition) is 1. The summed E-state index contributed by atoms with van der Waals surface area (Å²) in [5, 5.41) is 0. The lowest BCUT2D eigenvalue weighted by atomic mass is 10.0. The van der Waals surface area contributed by atoms with Gasteiger partial charge in [0.1, 0.15) is 0 Å². The van der Waals surface area contributed by atoms with Gasteiger partial charge in [-0.05, 0) is 24.6 Å². The number of benzene rings is 1. The average molecular weight is 233 g/mol. The number of rotatable bonds is 3. The standard InChI is InChI=1S/C11H9F4O/c1-3-7(2)8-4-5-10(9(12)6-8)16-11(13,14)15/h3-7H,1-2H2. The van der Waals surface area contributed by atoms with Crippen molar-refractivity contribution in [1.82, 2.24) is 0 Å². The van der Waals surface area contributed by atoms with E-state index in [-0.39, 0.29) is 5.92 Å². The molecule has 0 aromatic heterocycles. The van der Waals surface area contributed by atoms with Gasteiger partial charge in [-0.1, -0.05) is 12.1 Å². The number of hydrogen-bond donors (Lipinski definition) is 0. The Hall–Kier alpha value is -1.52. The van der Waals surface area contributed by atoms with Gasteiger partial charge in [0, 0.05) is 5.92 Å². The molecule has 1 aromatic rings. The molecular formula is C11H9F4O. The fraction of sp³-hybridized carbons (Fsp3) is 0.182. The summed E-state index contributed by atoms with van der Waals surface area (Å²) in [4.78, 5) is 0. The van der Waals surface area contributed by atoms with Crippen LogP contribution in [0.4, 0.5) is 17.6 Å². The maximum atomic E-state index is 13.2. The summed E-state index contributed by atoms with van der Waals surface area (Å²) in [7, 11) is 0. The summed E-state index contributed by atoms with van der Waals surface area (Å²) in [6.45, 7) is 7.08. The van der Waals surface area contributed by atoms with Crippen LogP contribution in [-0.4, -0.2) is 6.36 Å². The summed E-state index contributed by atoms with van der Waals surface area (Å²) in [5.41, 5.74) is 0.432. The largest absolute Gasteiger partial charge is 0.573 e. The summed E-state index contributed by atoms with van der Waals surface area (Å²) < 4.78 is 52.2. The van der Waals surface area contributed by atoms with Crippen LogP contribution in [0.1, 0.15) is 11.5 Å². The van der Waals surface area contributed by atoms with E-state index < -0.39 is 17.9 Å². The van der Waals surface area contributed by atoms with Gasteiger partial charge in [0.25, 0.3) is 0 Å². The fourth-order valence-corrected chi connectivity index (χ4v) is 1.09. The van der Waals surface area contributed by atoms with E-state index in [4.69, 9.17) is 0 Å². The van der Waals surface area contributed by atoms with Crippen molar-refractivity contribution in [2.45, 2.75) is 12.3 Å². The topological polar surface area (TPSA) is 9.23 Å². The molecule has 0 amide bonds. The third-order valence-electron chi connectivity index (χ3n) is 1.89. The zero-order valence-electron chi connectivity index (χ0n) is 8.22. The molecule has 5 heteroatoms. The second-order valence-electron chi connectivity index (χ2n) is 3.08. The molecule has 87 valence electrons. The van der Waals surface area contributed by atoms with E-state index in [0.29, 0.717) is 5.56 Å². The molecule has 1 unspecified atom stereocenters. The Morgan fingerprint density at radius 1 is 1.31 bits per heavy atom. The third-order valence-corrected chi connectivity index (χ3v) is 1.89. The van der Waals surface area contributed by atoms with Gasteiger partial charge < -0.3 is 4.74 Å². The normalized spacial score (nSPS) is 13.3. The van der Waals surface area contributed by atoms with E-state index in [9.17, 15) is 17.6 Å². The first-order valence-corrected chi connectivity index (χ1v) is 4.34. The van der Waals surface area contributed by atoms with Crippen molar-refractivity contribution in [2.75, 3.05) is 0 Å². The van der Waals surface area contributed by atoms with Crippen LogP contribution in [-0.2, 0) is 0 Å². The van der Waals surface area contributed by atoms with Crippen molar-refractivity contribution in [3.8, 4) is 5.75 Å². The molecule has 0 heterocycles. The van der Waals surface area contributed by atoms with E-state index in [1.54, 1.807) is 0 Å². The summed E-state index contributed by atoms with van der Waals surface area (Å²) in [6.07, 6.45) is -3.44. The van der Waals surface area contributed by atoms with Gasteiger partial charge in [-0.3, -0.25) is 0 Å². The first-order valence-electron chi connectivity index (χ1n) is 4.34. The maximum absolute atomic E-state index is 13.2. The molecule has 1 radical (unpaired) electrons. The first-order chi connectivity index (χ1) is 7.33. The molecule has 1 atom stereocenters. The van der Waals surface area contributed by atoms with Gasteiger partial charge in [0.2, 0.25) is 0 Å². The molecule has 0 spiro atoms. The quantitative estimate of drug-likeness (QED) is 0.569. The molecule has 0 aliphatic carbocycles. The van der Waals surface area contributed by atoms with Crippen molar-refractivity contribution < 1.29 is 22.3 Å². The van der Waals surface area contributed by atoms with Crippen LogP contribution in [0.2, 0.25) is 0 Å². The smallest absolute Gasteiger partial charge is 0.403 e. The van der Waals surface area contributed by atoms with Crippen LogP contribution >= 0.6 is 0 Å². The number of halogens is 4. The van der Waals surface area contributed by atoms with Crippen molar-refractivity contribution in [3.05, 3.63) is 49.2 Å². The van der Waals surface area contributed by atoms with E-state index in [1.807, 2.05) is 0 Å². The SMILES string of the molecule is [CH2]C(C=C)c1ccc(OC(F)(F)F)c(F)c1. The highest BCUT2D eigenvalue weighted by Crippen LogP contribution is 2.28. The van der Waals surface area contributed by atoms with Crippen molar-refractivity contribution in [2.24, 2.45) is 0 Å². The van der Waals surface area contributed by atoms with Crippen molar-refractivity contribution >= 4 is 0 Å². The Morgan fingerprint density at radius 3 is 2.38 bits per heavy atom. The van der Waals surface area contributed by atoms with E-state index in [1.165, 1.54) is 12.1 Å².